The van der Waals surface area contributed by atoms with Crippen LogP contribution in [0.3, 0.4) is 0 Å². The van der Waals surface area contributed by atoms with Crippen molar-refractivity contribution < 1.29 is 4.79 Å². The summed E-state index contributed by atoms with van der Waals surface area (Å²) in [6.45, 7) is 3.36. The molecule has 18 heavy (non-hydrogen) atoms. The van der Waals surface area contributed by atoms with Gasteiger partial charge in [0.15, 0.2) is 5.78 Å². The Hall–Kier alpha value is -1.94. The normalized spacial score (nSPS) is 10.6. The highest BCUT2D eigenvalue weighted by Gasteiger charge is 2.10. The highest BCUT2D eigenvalue weighted by molar-refractivity contribution is 5.97. The van der Waals surface area contributed by atoms with Gasteiger partial charge in [0.25, 0.3) is 0 Å². The number of rotatable bonds is 5. The number of benzene rings is 1. The lowest BCUT2D eigenvalue weighted by Gasteiger charge is -2.05. The molecule has 0 saturated carbocycles. The third-order valence-electron chi connectivity index (χ3n) is 2.97. The fraction of sp³-hybridized carbons (Fsp3) is 0.286. The second kappa shape index (κ2) is 5.60. The largest absolute Gasteiger partial charge is 0.335 e. The summed E-state index contributed by atoms with van der Waals surface area (Å²) in [4.78, 5) is 16.3. The van der Waals surface area contributed by atoms with Gasteiger partial charge in [-0.2, -0.15) is 0 Å². The molecule has 1 heterocycles. The zero-order valence-electron chi connectivity index (χ0n) is 10.5. The number of hydrogen-bond donors (Lipinski definition) is 1. The molecule has 0 aliphatic carbocycles. The molecule has 0 aliphatic rings. The minimum Gasteiger partial charge on any atom is -0.335 e. The first-order chi connectivity index (χ1) is 8.74. The summed E-state index contributed by atoms with van der Waals surface area (Å²) in [5.41, 5.74) is 7.26. The molecule has 4 nitrogen and oxygen atoms in total. The molecule has 0 bridgehead atoms. The lowest BCUT2D eigenvalue weighted by Crippen LogP contribution is -2.09. The summed E-state index contributed by atoms with van der Waals surface area (Å²) in [5, 5.41) is 0. The molecule has 2 N–H and O–H groups in total. The molecular weight excluding hydrogens is 226 g/mol. The van der Waals surface area contributed by atoms with Crippen molar-refractivity contribution in [3.63, 3.8) is 0 Å². The Morgan fingerprint density at radius 1 is 1.33 bits per heavy atom. The molecule has 1 aromatic heterocycles. The third-order valence-corrected chi connectivity index (χ3v) is 2.97. The number of carbonyl (C=O) groups excluding carboxylic acids is 1. The summed E-state index contributed by atoms with van der Waals surface area (Å²) in [5.74, 6) is 0.893. The van der Waals surface area contributed by atoms with Crippen LogP contribution in [0.15, 0.2) is 36.7 Å². The number of nitrogens with two attached hydrogens (primary N) is 1. The molecule has 0 radical (unpaired) electrons. The maximum atomic E-state index is 12.1. The van der Waals surface area contributed by atoms with Gasteiger partial charge in [0.2, 0.25) is 0 Å². The van der Waals surface area contributed by atoms with Crippen molar-refractivity contribution >= 4 is 5.78 Å². The maximum absolute atomic E-state index is 12.1. The number of ketones is 1. The minimum atomic E-state index is 0.0828. The molecule has 0 spiro atoms. The molecular formula is C14H17N3O. The molecule has 94 valence electrons. The fourth-order valence-electron chi connectivity index (χ4n) is 1.87. The summed E-state index contributed by atoms with van der Waals surface area (Å²) in [6.07, 6.45) is 3.95. The predicted molar refractivity (Wildman–Crippen MR) is 70.3 cm³/mol. The Balaban J connectivity index is 2.11. The summed E-state index contributed by atoms with van der Waals surface area (Å²) in [6, 6.07) is 7.42. The van der Waals surface area contributed by atoms with Gasteiger partial charge in [0, 0.05) is 31.0 Å². The number of Topliss-reactive ketones (excluding diaryl/α,β-unsaturated/α-hetero) is 1. The van der Waals surface area contributed by atoms with Crippen LogP contribution in [0.5, 0.6) is 0 Å². The number of imidazole rings is 1. The van der Waals surface area contributed by atoms with Crippen LogP contribution in [0.25, 0.3) is 0 Å². The Morgan fingerprint density at radius 3 is 2.67 bits per heavy atom. The standard InChI is InChI=1S/C14H17N3O/c1-2-17-8-7-16-14(17)9-13(18)12-5-3-11(10-15)4-6-12/h3-8H,2,9-10,15H2,1H3. The van der Waals surface area contributed by atoms with Crippen molar-refractivity contribution in [2.45, 2.75) is 26.4 Å². The SMILES string of the molecule is CCn1ccnc1CC(=O)c1ccc(CN)cc1. The van der Waals surface area contributed by atoms with Crippen LogP contribution in [0, 0.1) is 0 Å². The van der Waals surface area contributed by atoms with Crippen LogP contribution in [0.1, 0.15) is 28.7 Å². The van der Waals surface area contributed by atoms with Crippen LogP contribution in [-0.4, -0.2) is 15.3 Å². The van der Waals surface area contributed by atoms with Gasteiger partial charge in [-0.05, 0) is 12.5 Å². The first-order valence-corrected chi connectivity index (χ1v) is 6.06. The minimum absolute atomic E-state index is 0.0828. The van der Waals surface area contributed by atoms with Gasteiger partial charge in [-0.15, -0.1) is 0 Å². The van der Waals surface area contributed by atoms with E-state index in [0.29, 0.717) is 18.5 Å². The van der Waals surface area contributed by atoms with Crippen LogP contribution < -0.4 is 5.73 Å². The Morgan fingerprint density at radius 2 is 2.06 bits per heavy atom. The van der Waals surface area contributed by atoms with E-state index in [2.05, 4.69) is 4.98 Å². The second-order valence-corrected chi connectivity index (χ2v) is 4.13. The number of aromatic nitrogens is 2. The summed E-state index contributed by atoms with van der Waals surface area (Å²) in [7, 11) is 0. The third kappa shape index (κ3) is 2.65. The average Bonchev–Trinajstić information content (AvgIpc) is 2.86. The maximum Gasteiger partial charge on any atom is 0.170 e. The average molecular weight is 243 g/mol. The van der Waals surface area contributed by atoms with Crippen molar-refractivity contribution in [2.24, 2.45) is 5.73 Å². The van der Waals surface area contributed by atoms with Crippen LogP contribution in [0.4, 0.5) is 0 Å². The first kappa shape index (κ1) is 12.5. The highest BCUT2D eigenvalue weighted by atomic mass is 16.1. The molecule has 0 amide bonds. The van der Waals surface area contributed by atoms with E-state index >= 15 is 0 Å². The second-order valence-electron chi connectivity index (χ2n) is 4.13. The van der Waals surface area contributed by atoms with Gasteiger partial charge in [-0.1, -0.05) is 24.3 Å². The van der Waals surface area contributed by atoms with E-state index < -0.39 is 0 Å². The fourth-order valence-corrected chi connectivity index (χ4v) is 1.87. The Bertz CT molecular complexity index is 528. The molecule has 0 unspecified atom stereocenters. The van der Waals surface area contributed by atoms with Crippen LogP contribution in [-0.2, 0) is 19.5 Å². The van der Waals surface area contributed by atoms with Crippen molar-refractivity contribution in [1.82, 2.24) is 9.55 Å². The van der Waals surface area contributed by atoms with E-state index in [1.165, 1.54) is 0 Å². The molecule has 1 aromatic carbocycles. The highest BCUT2D eigenvalue weighted by Crippen LogP contribution is 2.08. The van der Waals surface area contributed by atoms with Crippen LogP contribution >= 0.6 is 0 Å². The Labute approximate surface area is 106 Å². The van der Waals surface area contributed by atoms with Crippen molar-refractivity contribution in [1.29, 1.82) is 0 Å². The topological polar surface area (TPSA) is 60.9 Å². The molecule has 4 heteroatoms. The van der Waals surface area contributed by atoms with Crippen LogP contribution in [0.2, 0.25) is 0 Å². The lowest BCUT2D eigenvalue weighted by molar-refractivity contribution is 0.0990. The van der Waals surface area contributed by atoms with E-state index in [9.17, 15) is 4.79 Å². The van der Waals surface area contributed by atoms with E-state index in [-0.39, 0.29) is 5.78 Å². The van der Waals surface area contributed by atoms with Crippen molar-refractivity contribution in [3.8, 4) is 0 Å². The number of hydrogen-bond acceptors (Lipinski definition) is 3. The number of aryl methyl sites for hydroxylation is 1. The molecule has 0 atom stereocenters. The predicted octanol–water partition coefficient (Wildman–Crippen LogP) is 1.79. The van der Waals surface area contributed by atoms with Crippen molar-refractivity contribution in [3.05, 3.63) is 53.6 Å². The van der Waals surface area contributed by atoms with E-state index in [1.807, 2.05) is 42.0 Å². The van der Waals surface area contributed by atoms with E-state index in [4.69, 9.17) is 5.73 Å². The molecule has 0 saturated heterocycles. The zero-order chi connectivity index (χ0) is 13.0. The number of carbonyl (C=O) groups is 1. The van der Waals surface area contributed by atoms with Crippen molar-refractivity contribution in [2.75, 3.05) is 0 Å². The van der Waals surface area contributed by atoms with E-state index in [0.717, 1.165) is 17.9 Å². The van der Waals surface area contributed by atoms with Gasteiger partial charge in [0.05, 0.1) is 6.42 Å². The molecule has 0 fully saturated rings. The summed E-state index contributed by atoms with van der Waals surface area (Å²) < 4.78 is 1.98. The smallest absolute Gasteiger partial charge is 0.170 e. The Kier molecular flexibility index (Phi) is 3.89. The van der Waals surface area contributed by atoms with Gasteiger partial charge in [0.1, 0.15) is 5.82 Å². The van der Waals surface area contributed by atoms with Gasteiger partial charge in [-0.25, -0.2) is 4.98 Å². The molecule has 0 aliphatic heterocycles. The zero-order valence-corrected chi connectivity index (χ0v) is 10.5. The van der Waals surface area contributed by atoms with Gasteiger partial charge in [-0.3, -0.25) is 4.79 Å². The van der Waals surface area contributed by atoms with E-state index in [1.54, 1.807) is 6.20 Å². The molecule has 2 rings (SSSR count). The first-order valence-electron chi connectivity index (χ1n) is 6.06. The summed E-state index contributed by atoms with van der Waals surface area (Å²) >= 11 is 0. The number of nitrogens with zero attached hydrogens (tertiary/aromatic N) is 2. The molecule has 2 aromatic rings. The van der Waals surface area contributed by atoms with Gasteiger partial charge >= 0.3 is 0 Å². The monoisotopic (exact) mass is 243 g/mol. The quantitative estimate of drug-likeness (QED) is 0.814. The lowest BCUT2D eigenvalue weighted by atomic mass is 10.1. The van der Waals surface area contributed by atoms with Gasteiger partial charge < -0.3 is 10.3 Å².